The maximum atomic E-state index is 12.6. The molecule has 1 saturated heterocycles. The van der Waals surface area contributed by atoms with Crippen LogP contribution < -0.4 is 5.32 Å². The summed E-state index contributed by atoms with van der Waals surface area (Å²) in [6.07, 6.45) is 1.87. The number of anilines is 1. The van der Waals surface area contributed by atoms with E-state index in [-0.39, 0.29) is 11.8 Å². The van der Waals surface area contributed by atoms with Gasteiger partial charge < -0.3 is 15.1 Å². The normalized spacial score (nSPS) is 18.0. The highest BCUT2D eigenvalue weighted by Gasteiger charge is 2.22. The number of carbonyl (C=O) groups excluding carboxylic acids is 2. The quantitative estimate of drug-likeness (QED) is 0.848. The topological polar surface area (TPSA) is 52.7 Å². The number of carbonyl (C=O) groups is 2. The number of rotatable bonds is 1. The van der Waals surface area contributed by atoms with E-state index in [1.165, 1.54) is 5.56 Å². The van der Waals surface area contributed by atoms with Gasteiger partial charge in [0.15, 0.2) is 0 Å². The summed E-state index contributed by atoms with van der Waals surface area (Å²) in [6.45, 7) is 5.24. The van der Waals surface area contributed by atoms with Crippen LogP contribution in [0.5, 0.6) is 0 Å². The van der Waals surface area contributed by atoms with E-state index in [0.717, 1.165) is 37.2 Å². The molecule has 2 heterocycles. The molecule has 1 aromatic rings. The summed E-state index contributed by atoms with van der Waals surface area (Å²) in [5.74, 6) is 0.155. The minimum Gasteiger partial charge on any atom is -0.384 e. The maximum Gasteiger partial charge on any atom is 0.253 e. The molecule has 0 saturated carbocycles. The summed E-state index contributed by atoms with van der Waals surface area (Å²) in [5, 5.41) is 3.31. The molecular weight excluding hydrogens is 266 g/mol. The van der Waals surface area contributed by atoms with E-state index in [1.807, 2.05) is 28.0 Å². The fraction of sp³-hybridized carbons (Fsp3) is 0.500. The number of hydrogen-bond acceptors (Lipinski definition) is 3. The smallest absolute Gasteiger partial charge is 0.253 e. The summed E-state index contributed by atoms with van der Waals surface area (Å²) in [5.41, 5.74) is 3.10. The SMILES string of the molecule is CC(=O)N1CCCN(C(=O)c2ccc3c(c2)NCC3)CC1. The molecule has 5 heteroatoms. The van der Waals surface area contributed by atoms with Gasteiger partial charge in [-0.05, 0) is 30.5 Å². The predicted molar refractivity (Wildman–Crippen MR) is 81.4 cm³/mol. The van der Waals surface area contributed by atoms with Gasteiger partial charge in [-0.3, -0.25) is 9.59 Å². The van der Waals surface area contributed by atoms with Gasteiger partial charge in [0.25, 0.3) is 5.91 Å². The number of hydrogen-bond donors (Lipinski definition) is 1. The summed E-state index contributed by atoms with van der Waals surface area (Å²) >= 11 is 0. The van der Waals surface area contributed by atoms with Crippen molar-refractivity contribution in [3.05, 3.63) is 29.3 Å². The molecule has 0 unspecified atom stereocenters. The van der Waals surface area contributed by atoms with Crippen LogP contribution in [-0.4, -0.2) is 54.3 Å². The second kappa shape index (κ2) is 5.76. The van der Waals surface area contributed by atoms with Gasteiger partial charge >= 0.3 is 0 Å². The Bertz CT molecular complexity index is 571. The molecule has 1 N–H and O–H groups in total. The van der Waals surface area contributed by atoms with Crippen molar-refractivity contribution in [1.82, 2.24) is 9.80 Å². The third-order valence-electron chi connectivity index (χ3n) is 4.30. The number of nitrogens with one attached hydrogen (secondary N) is 1. The van der Waals surface area contributed by atoms with Gasteiger partial charge in [-0.1, -0.05) is 6.07 Å². The average Bonchev–Trinajstić information content (AvgIpc) is 2.80. The van der Waals surface area contributed by atoms with E-state index in [1.54, 1.807) is 6.92 Å². The van der Waals surface area contributed by atoms with Gasteiger partial charge in [0.2, 0.25) is 5.91 Å². The Hall–Kier alpha value is -2.04. The van der Waals surface area contributed by atoms with Gasteiger partial charge in [-0.15, -0.1) is 0 Å². The minimum absolute atomic E-state index is 0.0666. The molecule has 21 heavy (non-hydrogen) atoms. The summed E-state index contributed by atoms with van der Waals surface area (Å²) < 4.78 is 0. The van der Waals surface area contributed by atoms with Crippen molar-refractivity contribution in [2.75, 3.05) is 38.0 Å². The number of fused-ring (bicyclic) bond motifs is 1. The van der Waals surface area contributed by atoms with Gasteiger partial charge in [0.05, 0.1) is 0 Å². The van der Waals surface area contributed by atoms with Crippen LogP contribution in [0.25, 0.3) is 0 Å². The van der Waals surface area contributed by atoms with E-state index in [9.17, 15) is 9.59 Å². The lowest BCUT2D eigenvalue weighted by atomic mass is 10.1. The molecule has 0 atom stereocenters. The Morgan fingerprint density at radius 3 is 2.67 bits per heavy atom. The third-order valence-corrected chi connectivity index (χ3v) is 4.30. The largest absolute Gasteiger partial charge is 0.384 e. The number of amides is 2. The molecule has 0 aliphatic carbocycles. The van der Waals surface area contributed by atoms with Crippen LogP contribution >= 0.6 is 0 Å². The Balaban J connectivity index is 1.71. The van der Waals surface area contributed by atoms with Gasteiger partial charge in [-0.25, -0.2) is 0 Å². The zero-order chi connectivity index (χ0) is 14.8. The van der Waals surface area contributed by atoms with E-state index >= 15 is 0 Å². The van der Waals surface area contributed by atoms with Crippen LogP contribution in [0.1, 0.15) is 29.3 Å². The minimum atomic E-state index is 0.0666. The second-order valence-corrected chi connectivity index (χ2v) is 5.70. The first-order valence-electron chi connectivity index (χ1n) is 7.57. The maximum absolute atomic E-state index is 12.6. The summed E-state index contributed by atoms with van der Waals surface area (Å²) in [4.78, 5) is 27.7. The second-order valence-electron chi connectivity index (χ2n) is 5.70. The fourth-order valence-electron chi connectivity index (χ4n) is 3.04. The Labute approximate surface area is 124 Å². The first kappa shape index (κ1) is 13.9. The number of nitrogens with zero attached hydrogens (tertiary/aromatic N) is 2. The third kappa shape index (κ3) is 2.86. The molecule has 5 nitrogen and oxygen atoms in total. The first-order chi connectivity index (χ1) is 10.1. The van der Waals surface area contributed by atoms with Crippen molar-refractivity contribution in [2.24, 2.45) is 0 Å². The molecule has 2 aliphatic heterocycles. The molecule has 2 aliphatic rings. The molecule has 2 amide bonds. The van der Waals surface area contributed by atoms with E-state index in [0.29, 0.717) is 19.6 Å². The fourth-order valence-corrected chi connectivity index (χ4v) is 3.04. The van der Waals surface area contributed by atoms with E-state index < -0.39 is 0 Å². The monoisotopic (exact) mass is 287 g/mol. The highest BCUT2D eigenvalue weighted by Crippen LogP contribution is 2.24. The zero-order valence-electron chi connectivity index (χ0n) is 12.4. The molecule has 0 bridgehead atoms. The van der Waals surface area contributed by atoms with Crippen molar-refractivity contribution < 1.29 is 9.59 Å². The Morgan fingerprint density at radius 2 is 1.86 bits per heavy atom. The molecule has 3 rings (SSSR count). The predicted octanol–water partition coefficient (Wildman–Crippen LogP) is 1.35. The lowest BCUT2D eigenvalue weighted by molar-refractivity contribution is -0.128. The van der Waals surface area contributed by atoms with Crippen LogP contribution in [0.15, 0.2) is 18.2 Å². The van der Waals surface area contributed by atoms with Crippen LogP contribution in [0.4, 0.5) is 5.69 Å². The molecule has 0 aromatic heterocycles. The molecule has 1 aromatic carbocycles. The lowest BCUT2D eigenvalue weighted by Gasteiger charge is -2.21. The van der Waals surface area contributed by atoms with Crippen LogP contribution in [0.2, 0.25) is 0 Å². The molecule has 112 valence electrons. The molecular formula is C16H21N3O2. The molecule has 0 spiro atoms. The van der Waals surface area contributed by atoms with Gasteiger partial charge in [-0.2, -0.15) is 0 Å². The average molecular weight is 287 g/mol. The zero-order valence-corrected chi connectivity index (χ0v) is 12.4. The Kier molecular flexibility index (Phi) is 3.82. The Morgan fingerprint density at radius 1 is 1.10 bits per heavy atom. The van der Waals surface area contributed by atoms with Crippen LogP contribution in [0.3, 0.4) is 0 Å². The van der Waals surface area contributed by atoms with Gasteiger partial charge in [0.1, 0.15) is 0 Å². The number of benzene rings is 1. The van der Waals surface area contributed by atoms with Gasteiger partial charge in [0, 0.05) is 50.9 Å². The highest BCUT2D eigenvalue weighted by atomic mass is 16.2. The summed E-state index contributed by atoms with van der Waals surface area (Å²) in [6, 6.07) is 5.92. The van der Waals surface area contributed by atoms with Crippen LogP contribution in [-0.2, 0) is 11.2 Å². The summed E-state index contributed by atoms with van der Waals surface area (Å²) in [7, 11) is 0. The van der Waals surface area contributed by atoms with E-state index in [4.69, 9.17) is 0 Å². The van der Waals surface area contributed by atoms with E-state index in [2.05, 4.69) is 5.32 Å². The van der Waals surface area contributed by atoms with Crippen molar-refractivity contribution in [2.45, 2.75) is 19.8 Å². The molecule has 0 radical (unpaired) electrons. The van der Waals surface area contributed by atoms with Crippen molar-refractivity contribution in [3.8, 4) is 0 Å². The van der Waals surface area contributed by atoms with Crippen molar-refractivity contribution in [3.63, 3.8) is 0 Å². The standard InChI is InChI=1S/C16H21N3O2/c1-12(20)18-7-2-8-19(10-9-18)16(21)14-4-3-13-5-6-17-15(13)11-14/h3-4,11,17H,2,5-10H2,1H3. The van der Waals surface area contributed by atoms with Crippen molar-refractivity contribution in [1.29, 1.82) is 0 Å². The highest BCUT2D eigenvalue weighted by molar-refractivity contribution is 5.95. The molecule has 1 fully saturated rings. The van der Waals surface area contributed by atoms with Crippen molar-refractivity contribution >= 4 is 17.5 Å². The first-order valence-corrected chi connectivity index (χ1v) is 7.57. The lowest BCUT2D eigenvalue weighted by Crippen LogP contribution is -2.36. The van der Waals surface area contributed by atoms with Crippen LogP contribution in [0, 0.1) is 0 Å².